The maximum atomic E-state index is 10.7. The fraction of sp³-hybridized carbons (Fsp3) is 0. The largest absolute Gasteiger partial charge is 0.366 e. The van der Waals surface area contributed by atoms with Crippen LogP contribution in [0.3, 0.4) is 0 Å². The molecular formula is C14H12N2OS. The lowest BCUT2D eigenvalue weighted by molar-refractivity contribution is -0.113. The van der Waals surface area contributed by atoms with Gasteiger partial charge in [0.05, 0.1) is 0 Å². The molecule has 18 heavy (non-hydrogen) atoms. The van der Waals surface area contributed by atoms with Gasteiger partial charge in [0.1, 0.15) is 4.64 Å². The van der Waals surface area contributed by atoms with Crippen LogP contribution in [0, 0.1) is 4.64 Å². The van der Waals surface area contributed by atoms with Gasteiger partial charge in [0.15, 0.2) is 0 Å². The van der Waals surface area contributed by atoms with Gasteiger partial charge in [-0.2, -0.15) is 0 Å². The minimum absolute atomic E-state index is 0.487. The van der Waals surface area contributed by atoms with Crippen LogP contribution in [0.5, 0.6) is 0 Å². The summed E-state index contributed by atoms with van der Waals surface area (Å²) in [6, 6.07) is 13.5. The van der Waals surface area contributed by atoms with E-state index in [2.05, 4.69) is 0 Å². The second-order valence-electron chi connectivity index (χ2n) is 3.71. The summed E-state index contributed by atoms with van der Waals surface area (Å²) >= 11 is 5.39. The Bertz CT molecular complexity index is 644. The number of carbonyl (C=O) groups is 1. The summed E-state index contributed by atoms with van der Waals surface area (Å²) in [4.78, 5) is 10.7. The van der Waals surface area contributed by atoms with Gasteiger partial charge < -0.3 is 10.3 Å². The number of nitrogens with zero attached hydrogens (tertiary/aromatic N) is 1. The third kappa shape index (κ3) is 2.73. The van der Waals surface area contributed by atoms with Crippen LogP contribution < -0.4 is 5.73 Å². The van der Waals surface area contributed by atoms with Gasteiger partial charge in [-0.05, 0) is 24.3 Å². The van der Waals surface area contributed by atoms with E-state index in [1.165, 1.54) is 6.08 Å². The van der Waals surface area contributed by atoms with Crippen molar-refractivity contribution >= 4 is 24.2 Å². The standard InChI is InChI=1S/C14H12N2OS/c15-13(17)9-8-11-5-4-10-16(14(11)18)12-6-2-1-3-7-12/h1-10H,(H2,15,17). The van der Waals surface area contributed by atoms with E-state index in [1.54, 1.807) is 6.08 Å². The molecule has 4 heteroatoms. The third-order valence-corrected chi connectivity index (χ3v) is 2.87. The molecule has 3 nitrogen and oxygen atoms in total. The van der Waals surface area contributed by atoms with Crippen LogP contribution in [0.4, 0.5) is 0 Å². The number of hydrogen-bond donors (Lipinski definition) is 1. The summed E-state index contributed by atoms with van der Waals surface area (Å²) in [6.45, 7) is 0. The monoisotopic (exact) mass is 256 g/mol. The summed E-state index contributed by atoms with van der Waals surface area (Å²) in [6.07, 6.45) is 4.82. The summed E-state index contributed by atoms with van der Waals surface area (Å²) in [5.74, 6) is -0.487. The van der Waals surface area contributed by atoms with Crippen LogP contribution in [0.15, 0.2) is 54.7 Å². The van der Waals surface area contributed by atoms with Crippen molar-refractivity contribution in [1.29, 1.82) is 0 Å². The van der Waals surface area contributed by atoms with E-state index >= 15 is 0 Å². The molecule has 0 aliphatic rings. The van der Waals surface area contributed by atoms with Gasteiger partial charge in [-0.25, -0.2) is 0 Å². The Balaban J connectivity index is 2.49. The molecule has 0 atom stereocenters. The van der Waals surface area contributed by atoms with E-state index in [-0.39, 0.29) is 0 Å². The summed E-state index contributed by atoms with van der Waals surface area (Å²) < 4.78 is 2.52. The molecule has 0 fully saturated rings. The Morgan fingerprint density at radius 1 is 1.17 bits per heavy atom. The van der Waals surface area contributed by atoms with Gasteiger partial charge in [-0.1, -0.05) is 36.5 Å². The molecule has 0 unspecified atom stereocenters. The first-order chi connectivity index (χ1) is 8.68. The molecule has 0 bridgehead atoms. The van der Waals surface area contributed by atoms with Crippen LogP contribution in [0.1, 0.15) is 5.56 Å². The lowest BCUT2D eigenvalue weighted by atomic mass is 10.2. The molecule has 0 saturated heterocycles. The lowest BCUT2D eigenvalue weighted by Crippen LogP contribution is -2.05. The van der Waals surface area contributed by atoms with Gasteiger partial charge in [0.2, 0.25) is 5.91 Å². The van der Waals surface area contributed by atoms with Crippen LogP contribution >= 0.6 is 12.2 Å². The molecule has 1 amide bonds. The molecule has 1 heterocycles. The number of benzene rings is 1. The highest BCUT2D eigenvalue weighted by atomic mass is 32.1. The Hall–Kier alpha value is -2.20. The van der Waals surface area contributed by atoms with Crippen LogP contribution in [-0.4, -0.2) is 10.5 Å². The van der Waals surface area contributed by atoms with E-state index < -0.39 is 5.91 Å². The van der Waals surface area contributed by atoms with Crippen molar-refractivity contribution in [2.24, 2.45) is 5.73 Å². The van der Waals surface area contributed by atoms with Crippen LogP contribution in [-0.2, 0) is 4.79 Å². The molecule has 90 valence electrons. The second-order valence-corrected chi connectivity index (χ2v) is 4.10. The van der Waals surface area contributed by atoms with Crippen LogP contribution in [0.25, 0.3) is 11.8 Å². The molecule has 1 aromatic carbocycles. The van der Waals surface area contributed by atoms with Crippen molar-refractivity contribution in [3.63, 3.8) is 0 Å². The van der Waals surface area contributed by atoms with Gasteiger partial charge >= 0.3 is 0 Å². The highest BCUT2D eigenvalue weighted by molar-refractivity contribution is 7.71. The van der Waals surface area contributed by atoms with Gasteiger partial charge in [0.25, 0.3) is 0 Å². The summed E-state index contributed by atoms with van der Waals surface area (Å²) in [7, 11) is 0. The fourth-order valence-electron chi connectivity index (χ4n) is 1.60. The molecule has 0 aliphatic heterocycles. The quantitative estimate of drug-likeness (QED) is 0.678. The number of amides is 1. The molecule has 0 spiro atoms. The number of pyridine rings is 1. The average Bonchev–Trinajstić information content (AvgIpc) is 2.38. The smallest absolute Gasteiger partial charge is 0.241 e. The normalized spacial score (nSPS) is 10.7. The Morgan fingerprint density at radius 3 is 2.56 bits per heavy atom. The first kappa shape index (κ1) is 12.3. The van der Waals surface area contributed by atoms with Crippen molar-refractivity contribution in [2.75, 3.05) is 0 Å². The number of primary amides is 1. The molecule has 0 saturated carbocycles. The third-order valence-electron chi connectivity index (χ3n) is 2.44. The average molecular weight is 256 g/mol. The van der Waals surface area contributed by atoms with Crippen molar-refractivity contribution in [3.8, 4) is 5.69 Å². The predicted octanol–water partition coefficient (Wildman–Crippen LogP) is 2.71. The minimum atomic E-state index is -0.487. The van der Waals surface area contributed by atoms with Crippen molar-refractivity contribution in [2.45, 2.75) is 0 Å². The van der Waals surface area contributed by atoms with Gasteiger partial charge in [-0.3, -0.25) is 4.79 Å². The summed E-state index contributed by atoms with van der Waals surface area (Å²) in [5.41, 5.74) is 6.84. The second kappa shape index (κ2) is 5.42. The molecule has 0 aliphatic carbocycles. The van der Waals surface area contributed by atoms with Crippen molar-refractivity contribution in [3.05, 3.63) is 64.9 Å². The summed E-state index contributed by atoms with van der Waals surface area (Å²) in [5, 5.41) is 0. The maximum Gasteiger partial charge on any atom is 0.241 e. The van der Waals surface area contributed by atoms with Crippen molar-refractivity contribution in [1.82, 2.24) is 4.57 Å². The Morgan fingerprint density at radius 2 is 1.89 bits per heavy atom. The lowest BCUT2D eigenvalue weighted by Gasteiger charge is -2.07. The van der Waals surface area contributed by atoms with Crippen molar-refractivity contribution < 1.29 is 4.79 Å². The van der Waals surface area contributed by atoms with E-state index in [1.807, 2.05) is 53.2 Å². The number of nitrogens with two attached hydrogens (primary N) is 1. The van der Waals surface area contributed by atoms with E-state index in [0.717, 1.165) is 11.3 Å². The van der Waals surface area contributed by atoms with E-state index in [0.29, 0.717) is 4.64 Å². The molecule has 2 aromatic rings. The first-order valence-corrected chi connectivity index (χ1v) is 5.84. The number of rotatable bonds is 3. The van der Waals surface area contributed by atoms with Gasteiger partial charge in [-0.15, -0.1) is 0 Å². The zero-order chi connectivity index (χ0) is 13.0. The van der Waals surface area contributed by atoms with E-state index in [4.69, 9.17) is 18.0 Å². The molecular weight excluding hydrogens is 244 g/mol. The number of para-hydroxylation sites is 1. The highest BCUT2D eigenvalue weighted by Gasteiger charge is 1.99. The molecule has 2 rings (SSSR count). The first-order valence-electron chi connectivity index (χ1n) is 5.43. The van der Waals surface area contributed by atoms with Gasteiger partial charge in [0, 0.05) is 23.5 Å². The zero-order valence-corrected chi connectivity index (χ0v) is 10.4. The fourth-order valence-corrected chi connectivity index (χ4v) is 1.90. The molecule has 1 aromatic heterocycles. The zero-order valence-electron chi connectivity index (χ0n) is 9.61. The molecule has 0 radical (unpaired) electrons. The minimum Gasteiger partial charge on any atom is -0.366 e. The van der Waals surface area contributed by atoms with Crippen LogP contribution in [0.2, 0.25) is 0 Å². The Labute approximate surface area is 110 Å². The number of hydrogen-bond acceptors (Lipinski definition) is 2. The number of aromatic nitrogens is 1. The van der Waals surface area contributed by atoms with E-state index in [9.17, 15) is 4.79 Å². The number of carbonyl (C=O) groups excluding carboxylic acids is 1. The molecule has 2 N–H and O–H groups in total. The Kier molecular flexibility index (Phi) is 3.69. The maximum absolute atomic E-state index is 10.7. The SMILES string of the molecule is NC(=O)C=Cc1cccn(-c2ccccc2)c1=S. The predicted molar refractivity (Wildman–Crippen MR) is 74.8 cm³/mol. The highest BCUT2D eigenvalue weighted by Crippen LogP contribution is 2.12. The topological polar surface area (TPSA) is 48.0 Å².